The minimum Gasteiger partial charge on any atom is -0.326 e. The number of nitrogens with one attached hydrogen (secondary N) is 1. The van der Waals surface area contributed by atoms with Crippen molar-refractivity contribution in [2.45, 2.75) is 30.7 Å². The van der Waals surface area contributed by atoms with Crippen LogP contribution in [0.5, 0.6) is 0 Å². The van der Waals surface area contributed by atoms with E-state index in [1.807, 2.05) is 0 Å². The molecule has 2 aliphatic carbocycles. The van der Waals surface area contributed by atoms with E-state index in [0.717, 1.165) is 12.1 Å². The van der Waals surface area contributed by atoms with E-state index < -0.39 is 41.4 Å². The van der Waals surface area contributed by atoms with E-state index in [1.54, 1.807) is 0 Å². The first-order valence-electron chi connectivity index (χ1n) is 6.99. The maximum absolute atomic E-state index is 13.1. The number of allylic oxidation sites excluding steroid dienone is 2. The Balaban J connectivity index is 2.25. The molecule has 2 bridgehead atoms. The van der Waals surface area contributed by atoms with Crippen LogP contribution in [-0.2, 0) is 12.0 Å². The van der Waals surface area contributed by atoms with Gasteiger partial charge in [-0.25, -0.2) is 0 Å². The molecule has 0 saturated carbocycles. The van der Waals surface area contributed by atoms with E-state index in [0.29, 0.717) is 0 Å². The van der Waals surface area contributed by atoms with Gasteiger partial charge in [0.25, 0.3) is 0 Å². The first-order valence-corrected chi connectivity index (χ1v) is 6.99. The number of halogens is 6. The van der Waals surface area contributed by atoms with Gasteiger partial charge in [-0.2, -0.15) is 26.3 Å². The summed E-state index contributed by atoms with van der Waals surface area (Å²) in [5.41, 5.74) is 2.71. The highest BCUT2D eigenvalue weighted by atomic mass is 19.4. The SMILES string of the molecule is N[C@@]12CC(C(F)(F)F)=CC(Cc3[nH]c(=O)ccc31)/C2=C\C(F)(F)F. The number of pyridine rings is 1. The first-order chi connectivity index (χ1) is 10.9. The standard InChI is InChI=1S/C15H12F6N2O/c16-14(17,18)6-10-7-3-8(15(19,20)21)5-13(10,22)9-1-2-12(24)23-11(9)4-7/h1-3,6-7H,4-5,22H2,(H,23,24)/b10-6+/t7?,13-/m0/s1. The lowest BCUT2D eigenvalue weighted by Crippen LogP contribution is -2.50. The predicted molar refractivity (Wildman–Crippen MR) is 73.0 cm³/mol. The van der Waals surface area contributed by atoms with Crippen molar-refractivity contribution >= 4 is 0 Å². The van der Waals surface area contributed by atoms with E-state index in [2.05, 4.69) is 4.98 Å². The molecule has 3 N–H and O–H groups in total. The van der Waals surface area contributed by atoms with Gasteiger partial charge in [0.05, 0.1) is 5.54 Å². The molecule has 130 valence electrons. The fraction of sp³-hybridized carbons (Fsp3) is 0.400. The highest BCUT2D eigenvalue weighted by Crippen LogP contribution is 2.51. The summed E-state index contributed by atoms with van der Waals surface area (Å²) in [7, 11) is 0. The summed E-state index contributed by atoms with van der Waals surface area (Å²) in [6, 6.07) is 2.25. The summed E-state index contributed by atoms with van der Waals surface area (Å²) in [6.45, 7) is 0. The van der Waals surface area contributed by atoms with Gasteiger partial charge >= 0.3 is 12.4 Å². The van der Waals surface area contributed by atoms with Crippen LogP contribution in [0.15, 0.2) is 40.2 Å². The van der Waals surface area contributed by atoms with Crippen LogP contribution < -0.4 is 11.3 Å². The molecule has 1 aromatic heterocycles. The zero-order chi connectivity index (χ0) is 17.9. The molecule has 0 spiro atoms. The normalized spacial score (nSPS) is 28.5. The van der Waals surface area contributed by atoms with Gasteiger partial charge in [0.2, 0.25) is 5.56 Å². The Morgan fingerprint density at radius 1 is 1.21 bits per heavy atom. The molecule has 24 heavy (non-hydrogen) atoms. The lowest BCUT2D eigenvalue weighted by molar-refractivity contribution is -0.0974. The molecule has 2 aliphatic rings. The van der Waals surface area contributed by atoms with Gasteiger partial charge in [-0.15, -0.1) is 0 Å². The minimum atomic E-state index is -4.71. The fourth-order valence-electron chi connectivity index (χ4n) is 3.47. The fourth-order valence-corrected chi connectivity index (χ4v) is 3.47. The van der Waals surface area contributed by atoms with E-state index >= 15 is 0 Å². The molecule has 0 saturated heterocycles. The molecular formula is C15H12F6N2O. The van der Waals surface area contributed by atoms with Crippen LogP contribution in [0, 0.1) is 5.92 Å². The number of hydrogen-bond acceptors (Lipinski definition) is 2. The van der Waals surface area contributed by atoms with Crippen LogP contribution in [0.1, 0.15) is 17.7 Å². The summed E-state index contributed by atoms with van der Waals surface area (Å²) in [5, 5.41) is 0. The van der Waals surface area contributed by atoms with Gasteiger partial charge in [-0.3, -0.25) is 4.79 Å². The van der Waals surface area contributed by atoms with Gasteiger partial charge in [0.15, 0.2) is 0 Å². The Morgan fingerprint density at radius 3 is 2.46 bits per heavy atom. The van der Waals surface area contributed by atoms with Crippen LogP contribution in [-0.4, -0.2) is 17.3 Å². The minimum absolute atomic E-state index is 0.0185. The molecule has 1 aromatic rings. The maximum atomic E-state index is 13.1. The average molecular weight is 350 g/mol. The van der Waals surface area contributed by atoms with Crippen molar-refractivity contribution < 1.29 is 26.3 Å². The summed E-state index contributed by atoms with van der Waals surface area (Å²) < 4.78 is 77.9. The van der Waals surface area contributed by atoms with Gasteiger partial charge in [0.1, 0.15) is 0 Å². The van der Waals surface area contributed by atoms with E-state index in [1.165, 1.54) is 6.07 Å². The largest absolute Gasteiger partial charge is 0.412 e. The van der Waals surface area contributed by atoms with E-state index in [9.17, 15) is 31.1 Å². The summed E-state index contributed by atoms with van der Waals surface area (Å²) >= 11 is 0. The van der Waals surface area contributed by atoms with Crippen LogP contribution in [0.4, 0.5) is 26.3 Å². The quantitative estimate of drug-likeness (QED) is 0.558. The lowest BCUT2D eigenvalue weighted by atomic mass is 9.63. The monoisotopic (exact) mass is 350 g/mol. The zero-order valence-corrected chi connectivity index (χ0v) is 12.1. The smallest absolute Gasteiger partial charge is 0.326 e. The van der Waals surface area contributed by atoms with Gasteiger partial charge in [0, 0.05) is 35.7 Å². The topological polar surface area (TPSA) is 58.9 Å². The van der Waals surface area contributed by atoms with Crippen LogP contribution >= 0.6 is 0 Å². The highest BCUT2D eigenvalue weighted by molar-refractivity contribution is 5.50. The van der Waals surface area contributed by atoms with Crippen molar-refractivity contribution in [2.75, 3.05) is 0 Å². The van der Waals surface area contributed by atoms with Crippen molar-refractivity contribution in [3.8, 4) is 0 Å². The maximum Gasteiger partial charge on any atom is 0.412 e. The van der Waals surface area contributed by atoms with Gasteiger partial charge in [-0.05, 0) is 23.6 Å². The van der Waals surface area contributed by atoms with Crippen molar-refractivity contribution in [1.82, 2.24) is 4.98 Å². The van der Waals surface area contributed by atoms with Crippen LogP contribution in [0.3, 0.4) is 0 Å². The molecule has 1 heterocycles. The zero-order valence-electron chi connectivity index (χ0n) is 12.1. The van der Waals surface area contributed by atoms with Crippen molar-refractivity contribution in [2.24, 2.45) is 11.7 Å². The number of H-pyrrole nitrogens is 1. The number of rotatable bonds is 0. The summed E-state index contributed by atoms with van der Waals surface area (Å²) in [5.74, 6) is -1.17. The Kier molecular flexibility index (Phi) is 3.49. The van der Waals surface area contributed by atoms with Gasteiger partial charge < -0.3 is 10.7 Å². The van der Waals surface area contributed by atoms with E-state index in [4.69, 9.17) is 5.73 Å². The number of nitrogens with two attached hydrogens (primary N) is 1. The van der Waals surface area contributed by atoms with Gasteiger partial charge in [-0.1, -0.05) is 6.08 Å². The van der Waals surface area contributed by atoms with E-state index in [-0.39, 0.29) is 29.3 Å². The molecule has 9 heteroatoms. The molecule has 0 aromatic carbocycles. The third kappa shape index (κ3) is 2.77. The second-order valence-corrected chi connectivity index (χ2v) is 6.00. The molecule has 0 aliphatic heterocycles. The third-order valence-corrected chi connectivity index (χ3v) is 4.37. The predicted octanol–water partition coefficient (Wildman–Crippen LogP) is 3.08. The number of aromatic amines is 1. The van der Waals surface area contributed by atoms with Crippen molar-refractivity contribution in [3.05, 3.63) is 57.0 Å². The van der Waals surface area contributed by atoms with Crippen molar-refractivity contribution in [1.29, 1.82) is 0 Å². The Labute approximate surface area is 131 Å². The molecule has 0 amide bonds. The Bertz CT molecular complexity index is 801. The number of alkyl halides is 6. The average Bonchev–Trinajstić information content (AvgIpc) is 2.38. The number of hydrogen-bond donors (Lipinski definition) is 2. The lowest BCUT2D eigenvalue weighted by Gasteiger charge is -2.45. The molecule has 2 atom stereocenters. The molecule has 0 radical (unpaired) electrons. The van der Waals surface area contributed by atoms with Crippen LogP contribution in [0.25, 0.3) is 0 Å². The Morgan fingerprint density at radius 2 is 1.88 bits per heavy atom. The molecular weight excluding hydrogens is 338 g/mol. The Hall–Kier alpha value is -2.03. The number of aromatic nitrogens is 1. The summed E-state index contributed by atoms with van der Waals surface area (Å²) in [4.78, 5) is 13.9. The second kappa shape index (κ2) is 4.98. The third-order valence-electron chi connectivity index (χ3n) is 4.37. The van der Waals surface area contributed by atoms with Crippen LogP contribution in [0.2, 0.25) is 0 Å². The molecule has 3 rings (SSSR count). The highest BCUT2D eigenvalue weighted by Gasteiger charge is 2.51. The second-order valence-electron chi connectivity index (χ2n) is 6.00. The molecule has 3 nitrogen and oxygen atoms in total. The molecule has 1 unspecified atom stereocenters. The summed E-state index contributed by atoms with van der Waals surface area (Å²) in [6.07, 6.45) is -9.61. The first kappa shape index (κ1) is 16.8. The number of fused-ring (bicyclic) bond motifs is 4. The van der Waals surface area contributed by atoms with Crippen molar-refractivity contribution in [3.63, 3.8) is 0 Å². The molecule has 0 fully saturated rings.